The highest BCUT2D eigenvalue weighted by Crippen LogP contribution is 2.21. The lowest BCUT2D eigenvalue weighted by Gasteiger charge is -2.16. The lowest BCUT2D eigenvalue weighted by molar-refractivity contribution is -0.208. The summed E-state index contributed by atoms with van der Waals surface area (Å²) < 4.78 is 34.1. The van der Waals surface area contributed by atoms with Gasteiger partial charge in [-0.1, -0.05) is 0 Å². The third kappa shape index (κ3) is 2.67. The summed E-state index contributed by atoms with van der Waals surface area (Å²) in [7, 11) is 0. The van der Waals surface area contributed by atoms with E-state index in [4.69, 9.17) is 10.8 Å². The van der Waals surface area contributed by atoms with Crippen LogP contribution >= 0.6 is 0 Å². The Labute approximate surface area is 50.5 Å². The SMILES string of the molecule is C[C@@H](N)[C@@H](O)C(F)(F)F. The molecule has 2 atom stereocenters. The first-order valence-corrected chi connectivity index (χ1v) is 2.36. The van der Waals surface area contributed by atoms with Crippen molar-refractivity contribution < 1.29 is 18.3 Å². The quantitative estimate of drug-likeness (QED) is 0.553. The molecule has 0 amide bonds. The van der Waals surface area contributed by atoms with E-state index in [1.807, 2.05) is 0 Å². The summed E-state index contributed by atoms with van der Waals surface area (Å²) in [4.78, 5) is 0. The Morgan fingerprint density at radius 3 is 1.78 bits per heavy atom. The molecule has 0 heterocycles. The third-order valence-corrected chi connectivity index (χ3v) is 0.833. The zero-order chi connectivity index (χ0) is 7.65. The molecular formula is C4H8F3NO. The average Bonchev–Trinajstić information content (AvgIpc) is 1.62. The van der Waals surface area contributed by atoms with Gasteiger partial charge in [0.1, 0.15) is 0 Å². The molecule has 0 bridgehead atoms. The van der Waals surface area contributed by atoms with Crippen molar-refractivity contribution in [2.24, 2.45) is 5.73 Å². The van der Waals surface area contributed by atoms with Crippen LogP contribution in [0.3, 0.4) is 0 Å². The number of alkyl halides is 3. The molecule has 0 rings (SSSR count). The van der Waals surface area contributed by atoms with E-state index in [2.05, 4.69) is 0 Å². The van der Waals surface area contributed by atoms with Crippen molar-refractivity contribution >= 4 is 0 Å². The van der Waals surface area contributed by atoms with Gasteiger partial charge in [-0.3, -0.25) is 0 Å². The van der Waals surface area contributed by atoms with Gasteiger partial charge >= 0.3 is 6.18 Å². The fourth-order valence-corrected chi connectivity index (χ4v) is 0.298. The van der Waals surface area contributed by atoms with Gasteiger partial charge in [0.2, 0.25) is 0 Å². The van der Waals surface area contributed by atoms with Crippen LogP contribution in [0.5, 0.6) is 0 Å². The molecule has 0 aliphatic heterocycles. The minimum Gasteiger partial charge on any atom is -0.382 e. The van der Waals surface area contributed by atoms with Crippen LogP contribution in [-0.2, 0) is 0 Å². The highest BCUT2D eigenvalue weighted by atomic mass is 19.4. The number of aliphatic hydroxyl groups is 1. The molecule has 0 spiro atoms. The second-order valence-electron chi connectivity index (χ2n) is 1.85. The maximum absolute atomic E-state index is 11.4. The first-order valence-electron chi connectivity index (χ1n) is 2.36. The largest absolute Gasteiger partial charge is 0.415 e. The van der Waals surface area contributed by atoms with Crippen LogP contribution < -0.4 is 5.73 Å². The molecule has 9 heavy (non-hydrogen) atoms. The predicted molar refractivity (Wildman–Crippen MR) is 25.7 cm³/mol. The lowest BCUT2D eigenvalue weighted by Crippen LogP contribution is -2.42. The summed E-state index contributed by atoms with van der Waals surface area (Å²) >= 11 is 0. The lowest BCUT2D eigenvalue weighted by atomic mass is 10.2. The fraction of sp³-hybridized carbons (Fsp3) is 1.00. The molecule has 0 radical (unpaired) electrons. The number of aliphatic hydroxyl groups excluding tert-OH is 1. The van der Waals surface area contributed by atoms with Gasteiger partial charge in [0.05, 0.1) is 0 Å². The monoisotopic (exact) mass is 143 g/mol. The smallest absolute Gasteiger partial charge is 0.382 e. The minimum absolute atomic E-state index is 1.10. The number of rotatable bonds is 1. The summed E-state index contributed by atoms with van der Waals surface area (Å²) in [5, 5.41) is 8.21. The van der Waals surface area contributed by atoms with Gasteiger partial charge in [-0.15, -0.1) is 0 Å². The Hall–Kier alpha value is -0.290. The topological polar surface area (TPSA) is 46.2 Å². The maximum atomic E-state index is 11.4. The summed E-state index contributed by atoms with van der Waals surface area (Å²) in [6.07, 6.45) is -6.99. The van der Waals surface area contributed by atoms with Gasteiger partial charge in [-0.25, -0.2) is 0 Å². The average molecular weight is 143 g/mol. The number of hydrogen-bond donors (Lipinski definition) is 2. The Kier molecular flexibility index (Phi) is 2.45. The van der Waals surface area contributed by atoms with Crippen molar-refractivity contribution in [1.29, 1.82) is 0 Å². The molecule has 0 aromatic carbocycles. The van der Waals surface area contributed by atoms with Crippen LogP contribution in [0, 0.1) is 0 Å². The van der Waals surface area contributed by atoms with Crippen LogP contribution in [-0.4, -0.2) is 23.4 Å². The van der Waals surface area contributed by atoms with E-state index < -0.39 is 18.3 Å². The van der Waals surface area contributed by atoms with E-state index in [0.717, 1.165) is 6.92 Å². The summed E-state index contributed by atoms with van der Waals surface area (Å²) in [6.45, 7) is 1.10. The molecule has 0 fully saturated rings. The van der Waals surface area contributed by atoms with E-state index in [9.17, 15) is 13.2 Å². The van der Waals surface area contributed by atoms with Gasteiger partial charge in [0.25, 0.3) is 0 Å². The van der Waals surface area contributed by atoms with Gasteiger partial charge in [-0.05, 0) is 6.92 Å². The van der Waals surface area contributed by atoms with Gasteiger partial charge in [-0.2, -0.15) is 13.2 Å². The van der Waals surface area contributed by atoms with E-state index in [-0.39, 0.29) is 0 Å². The van der Waals surface area contributed by atoms with Crippen molar-refractivity contribution in [1.82, 2.24) is 0 Å². The van der Waals surface area contributed by atoms with E-state index in [1.165, 1.54) is 0 Å². The first kappa shape index (κ1) is 8.71. The zero-order valence-electron chi connectivity index (χ0n) is 4.81. The predicted octanol–water partition coefficient (Wildman–Crippen LogP) is 0.257. The second kappa shape index (κ2) is 2.53. The minimum atomic E-state index is -4.59. The molecule has 0 saturated carbocycles. The normalized spacial score (nSPS) is 19.3. The van der Waals surface area contributed by atoms with Crippen LogP contribution in [0.1, 0.15) is 6.92 Å². The molecule has 0 aromatic heterocycles. The number of hydrogen-bond acceptors (Lipinski definition) is 2. The van der Waals surface area contributed by atoms with E-state index in [0.29, 0.717) is 0 Å². The molecule has 0 saturated heterocycles. The van der Waals surface area contributed by atoms with Crippen molar-refractivity contribution in [2.75, 3.05) is 0 Å². The second-order valence-corrected chi connectivity index (χ2v) is 1.85. The van der Waals surface area contributed by atoms with Crippen molar-refractivity contribution in [3.8, 4) is 0 Å². The molecule has 0 aliphatic carbocycles. The third-order valence-electron chi connectivity index (χ3n) is 0.833. The van der Waals surface area contributed by atoms with Crippen LogP contribution in [0.2, 0.25) is 0 Å². The van der Waals surface area contributed by atoms with Crippen LogP contribution in [0.25, 0.3) is 0 Å². The molecular weight excluding hydrogens is 135 g/mol. The Morgan fingerprint density at radius 1 is 1.44 bits per heavy atom. The summed E-state index contributed by atoms with van der Waals surface area (Å²) in [6, 6.07) is -1.26. The first-order chi connectivity index (χ1) is 3.85. The van der Waals surface area contributed by atoms with Crippen LogP contribution in [0.15, 0.2) is 0 Å². The van der Waals surface area contributed by atoms with Gasteiger partial charge in [0, 0.05) is 6.04 Å². The summed E-state index contributed by atoms with van der Waals surface area (Å²) in [5.74, 6) is 0. The number of nitrogens with two attached hydrogens (primary N) is 1. The van der Waals surface area contributed by atoms with Crippen molar-refractivity contribution in [3.63, 3.8) is 0 Å². The summed E-state index contributed by atoms with van der Waals surface area (Å²) in [5.41, 5.74) is 4.75. The van der Waals surface area contributed by atoms with Gasteiger partial charge < -0.3 is 10.8 Å². The van der Waals surface area contributed by atoms with Crippen molar-refractivity contribution in [2.45, 2.75) is 25.2 Å². The number of halogens is 3. The van der Waals surface area contributed by atoms with E-state index in [1.54, 1.807) is 0 Å². The maximum Gasteiger partial charge on any atom is 0.415 e. The molecule has 0 unspecified atom stereocenters. The molecule has 56 valence electrons. The Morgan fingerprint density at radius 2 is 1.78 bits per heavy atom. The molecule has 5 heteroatoms. The van der Waals surface area contributed by atoms with Crippen molar-refractivity contribution in [3.05, 3.63) is 0 Å². The Bertz CT molecular complexity index is 90.3. The van der Waals surface area contributed by atoms with E-state index >= 15 is 0 Å². The Balaban J connectivity index is 3.88. The standard InChI is InChI=1S/C4H8F3NO/c1-2(8)3(9)4(5,6)7/h2-3,9H,8H2,1H3/t2-,3-/m1/s1. The zero-order valence-corrected chi connectivity index (χ0v) is 4.81. The molecule has 0 aromatic rings. The van der Waals surface area contributed by atoms with Gasteiger partial charge in [0.15, 0.2) is 6.10 Å². The fourth-order valence-electron chi connectivity index (χ4n) is 0.298. The van der Waals surface area contributed by atoms with Crippen LogP contribution in [0.4, 0.5) is 13.2 Å². The molecule has 2 nitrogen and oxygen atoms in total. The molecule has 0 aliphatic rings. The molecule has 3 N–H and O–H groups in total. The highest BCUT2D eigenvalue weighted by molar-refractivity contribution is 4.73. The highest BCUT2D eigenvalue weighted by Gasteiger charge is 2.40.